The molecule has 0 aliphatic heterocycles. The molecule has 2 aromatic carbocycles. The summed E-state index contributed by atoms with van der Waals surface area (Å²) in [6, 6.07) is 14.0. The molecule has 0 atom stereocenters. The third kappa shape index (κ3) is 3.68. The number of anilines is 1. The fraction of sp³-hybridized carbons (Fsp3) is 0.0667. The Kier molecular flexibility index (Phi) is 4.53. The highest BCUT2D eigenvalue weighted by Crippen LogP contribution is 2.21. The zero-order valence-corrected chi connectivity index (χ0v) is 12.1. The highest BCUT2D eigenvalue weighted by Gasteiger charge is 2.10. The number of carbonyl (C=O) groups is 2. The minimum Gasteiger partial charge on any atom is -0.478 e. The number of hydrogen-bond acceptors (Lipinski definition) is 2. The van der Waals surface area contributed by atoms with E-state index in [0.29, 0.717) is 10.2 Å². The minimum atomic E-state index is -1.05. The number of benzene rings is 2. The zero-order valence-electron chi connectivity index (χ0n) is 10.5. The molecule has 2 N–H and O–H groups in total. The zero-order chi connectivity index (χ0) is 14.5. The molecule has 0 radical (unpaired) electrons. The maximum atomic E-state index is 11.9. The Morgan fingerprint density at radius 1 is 1.10 bits per heavy atom. The van der Waals surface area contributed by atoms with Gasteiger partial charge in [0.25, 0.3) is 0 Å². The first-order chi connectivity index (χ1) is 9.56. The molecule has 20 heavy (non-hydrogen) atoms. The Labute approximate surface area is 124 Å². The van der Waals surface area contributed by atoms with E-state index in [4.69, 9.17) is 5.11 Å². The van der Waals surface area contributed by atoms with Crippen LogP contribution in [0.25, 0.3) is 0 Å². The van der Waals surface area contributed by atoms with Gasteiger partial charge in [0, 0.05) is 10.2 Å². The number of amides is 1. The highest BCUT2D eigenvalue weighted by atomic mass is 79.9. The number of halogens is 1. The molecule has 2 rings (SSSR count). The first-order valence-corrected chi connectivity index (χ1v) is 6.72. The van der Waals surface area contributed by atoms with Crippen LogP contribution < -0.4 is 5.32 Å². The molecule has 0 saturated carbocycles. The molecule has 0 unspecified atom stereocenters. The maximum Gasteiger partial charge on any atom is 0.336 e. The van der Waals surface area contributed by atoms with E-state index in [0.717, 1.165) is 5.56 Å². The quantitative estimate of drug-likeness (QED) is 0.901. The van der Waals surface area contributed by atoms with Crippen molar-refractivity contribution in [2.75, 3.05) is 5.32 Å². The van der Waals surface area contributed by atoms with Gasteiger partial charge < -0.3 is 10.4 Å². The van der Waals surface area contributed by atoms with Gasteiger partial charge in [0.15, 0.2) is 0 Å². The van der Waals surface area contributed by atoms with Gasteiger partial charge in [-0.3, -0.25) is 4.79 Å². The second-order valence-corrected chi connectivity index (χ2v) is 5.06. The first-order valence-electron chi connectivity index (χ1n) is 5.93. The van der Waals surface area contributed by atoms with Crippen molar-refractivity contribution in [1.82, 2.24) is 0 Å². The van der Waals surface area contributed by atoms with Crippen LogP contribution in [0.1, 0.15) is 15.9 Å². The van der Waals surface area contributed by atoms with Crippen LogP contribution in [0.2, 0.25) is 0 Å². The van der Waals surface area contributed by atoms with Gasteiger partial charge in [-0.25, -0.2) is 4.79 Å². The number of carboxylic acids is 1. The highest BCUT2D eigenvalue weighted by molar-refractivity contribution is 9.10. The fourth-order valence-corrected chi connectivity index (χ4v) is 2.17. The first kappa shape index (κ1) is 14.3. The summed E-state index contributed by atoms with van der Waals surface area (Å²) in [7, 11) is 0. The fourth-order valence-electron chi connectivity index (χ4n) is 1.75. The lowest BCUT2D eigenvalue weighted by Crippen LogP contribution is -2.14. The Morgan fingerprint density at radius 3 is 2.45 bits per heavy atom. The van der Waals surface area contributed by atoms with Crippen LogP contribution >= 0.6 is 15.9 Å². The van der Waals surface area contributed by atoms with Gasteiger partial charge in [-0.2, -0.15) is 0 Å². The van der Waals surface area contributed by atoms with E-state index in [-0.39, 0.29) is 17.9 Å². The molecule has 0 aromatic heterocycles. The number of aromatic carboxylic acids is 1. The smallest absolute Gasteiger partial charge is 0.336 e. The van der Waals surface area contributed by atoms with E-state index >= 15 is 0 Å². The number of carboxylic acid groups (broad SMARTS) is 1. The molecule has 0 aliphatic rings. The maximum absolute atomic E-state index is 11.9. The lowest BCUT2D eigenvalue weighted by molar-refractivity contribution is -0.115. The lowest BCUT2D eigenvalue weighted by atomic mass is 10.1. The number of carbonyl (C=O) groups excluding carboxylic acids is 1. The van der Waals surface area contributed by atoms with Gasteiger partial charge in [-0.05, 0) is 39.7 Å². The van der Waals surface area contributed by atoms with E-state index in [2.05, 4.69) is 21.2 Å². The van der Waals surface area contributed by atoms with Crippen LogP contribution in [0, 0.1) is 0 Å². The summed E-state index contributed by atoms with van der Waals surface area (Å²) in [6.07, 6.45) is 0.249. The molecule has 0 bridgehead atoms. The average molecular weight is 334 g/mol. The molecule has 0 heterocycles. The van der Waals surface area contributed by atoms with Crippen molar-refractivity contribution in [3.05, 3.63) is 64.1 Å². The second-order valence-electron chi connectivity index (χ2n) is 4.21. The van der Waals surface area contributed by atoms with Gasteiger partial charge in [-0.15, -0.1) is 0 Å². The molecule has 5 heteroatoms. The van der Waals surface area contributed by atoms with Gasteiger partial charge >= 0.3 is 5.97 Å². The molecule has 2 aromatic rings. The van der Waals surface area contributed by atoms with Crippen LogP contribution in [0.4, 0.5) is 5.69 Å². The van der Waals surface area contributed by atoms with Crippen LogP contribution in [-0.4, -0.2) is 17.0 Å². The third-order valence-electron chi connectivity index (χ3n) is 2.69. The summed E-state index contributed by atoms with van der Waals surface area (Å²) in [6.45, 7) is 0. The van der Waals surface area contributed by atoms with Crippen molar-refractivity contribution in [3.63, 3.8) is 0 Å². The molecule has 1 amide bonds. The predicted octanol–water partition coefficient (Wildman–Crippen LogP) is 3.33. The van der Waals surface area contributed by atoms with Gasteiger partial charge in [0.05, 0.1) is 12.0 Å². The van der Waals surface area contributed by atoms with Crippen molar-refractivity contribution in [1.29, 1.82) is 0 Å². The van der Waals surface area contributed by atoms with E-state index in [1.54, 1.807) is 12.1 Å². The summed E-state index contributed by atoms with van der Waals surface area (Å²) in [5, 5.41) is 11.7. The average Bonchev–Trinajstić information content (AvgIpc) is 2.41. The van der Waals surface area contributed by atoms with E-state index in [1.807, 2.05) is 30.3 Å². The summed E-state index contributed by atoms with van der Waals surface area (Å²) in [5.41, 5.74) is 1.48. The van der Waals surface area contributed by atoms with Gasteiger partial charge in [-0.1, -0.05) is 30.3 Å². The second kappa shape index (κ2) is 6.34. The molecule has 0 saturated heterocycles. The lowest BCUT2D eigenvalue weighted by Gasteiger charge is -2.07. The third-order valence-corrected chi connectivity index (χ3v) is 3.38. The number of nitrogens with one attached hydrogen (secondary N) is 1. The molecule has 0 aliphatic carbocycles. The van der Waals surface area contributed by atoms with Crippen molar-refractivity contribution in [2.24, 2.45) is 0 Å². The van der Waals surface area contributed by atoms with E-state index in [9.17, 15) is 9.59 Å². The topological polar surface area (TPSA) is 66.4 Å². The van der Waals surface area contributed by atoms with Gasteiger partial charge in [0.2, 0.25) is 5.91 Å². The summed E-state index contributed by atoms with van der Waals surface area (Å²) in [4.78, 5) is 22.9. The molecular weight excluding hydrogens is 322 g/mol. The Morgan fingerprint density at radius 2 is 1.80 bits per heavy atom. The summed E-state index contributed by atoms with van der Waals surface area (Å²) >= 11 is 3.16. The SMILES string of the molecule is O=C(Cc1ccccc1)Nc1ccc(Br)c(C(=O)O)c1. The van der Waals surface area contributed by atoms with Crippen molar-refractivity contribution in [2.45, 2.75) is 6.42 Å². The number of hydrogen-bond donors (Lipinski definition) is 2. The predicted molar refractivity (Wildman–Crippen MR) is 79.9 cm³/mol. The molecular formula is C15H12BrNO3. The summed E-state index contributed by atoms with van der Waals surface area (Å²) < 4.78 is 0.478. The van der Waals surface area contributed by atoms with Gasteiger partial charge in [0.1, 0.15) is 0 Å². The number of rotatable bonds is 4. The van der Waals surface area contributed by atoms with E-state index in [1.165, 1.54) is 6.07 Å². The van der Waals surface area contributed by atoms with Crippen molar-refractivity contribution in [3.8, 4) is 0 Å². The van der Waals surface area contributed by atoms with Crippen LogP contribution in [0.3, 0.4) is 0 Å². The minimum absolute atomic E-state index is 0.113. The van der Waals surface area contributed by atoms with Crippen molar-refractivity contribution < 1.29 is 14.7 Å². The molecule has 0 spiro atoms. The molecule has 102 valence electrons. The van der Waals surface area contributed by atoms with Crippen molar-refractivity contribution >= 4 is 33.5 Å². The molecule has 4 nitrogen and oxygen atoms in total. The monoisotopic (exact) mass is 333 g/mol. The standard InChI is InChI=1S/C15H12BrNO3/c16-13-7-6-11(9-12(13)15(19)20)17-14(18)8-10-4-2-1-3-5-10/h1-7,9H,8H2,(H,17,18)(H,19,20). The Bertz CT molecular complexity index is 641. The van der Waals surface area contributed by atoms with E-state index < -0.39 is 5.97 Å². The van der Waals surface area contributed by atoms with Crippen LogP contribution in [-0.2, 0) is 11.2 Å². The normalized spacial score (nSPS) is 10.1. The Hall–Kier alpha value is -2.14. The van der Waals surface area contributed by atoms with Crippen LogP contribution in [0.15, 0.2) is 53.0 Å². The largest absolute Gasteiger partial charge is 0.478 e. The summed E-state index contributed by atoms with van der Waals surface area (Å²) in [5.74, 6) is -1.23. The van der Waals surface area contributed by atoms with Crippen LogP contribution in [0.5, 0.6) is 0 Å². The molecule has 0 fully saturated rings. The Balaban J connectivity index is 2.08.